The Labute approximate surface area is 165 Å². The van der Waals surface area contributed by atoms with Crippen LogP contribution in [0.25, 0.3) is 0 Å². The van der Waals surface area contributed by atoms with E-state index in [1.54, 1.807) is 7.11 Å². The molecule has 0 bridgehead atoms. The van der Waals surface area contributed by atoms with Gasteiger partial charge in [-0.15, -0.1) is 0 Å². The molecule has 0 unspecified atom stereocenters. The van der Waals surface area contributed by atoms with E-state index in [9.17, 15) is 0 Å². The molecular weight excluding hydrogens is 357 g/mol. The maximum absolute atomic E-state index is 6.35. The maximum Gasteiger partial charge on any atom is 0.231 e. The fraction of sp³-hybridized carbons (Fsp3) is 0.429. The number of nitrogens with zero attached hydrogens (tertiary/aromatic N) is 1. The highest BCUT2D eigenvalue weighted by molar-refractivity contribution is 6.04. The van der Waals surface area contributed by atoms with Crippen LogP contribution < -0.4 is 18.9 Å². The summed E-state index contributed by atoms with van der Waals surface area (Å²) in [6.45, 7) is 2.14. The van der Waals surface area contributed by atoms with Crippen molar-refractivity contribution in [2.45, 2.75) is 18.4 Å². The molecule has 0 N–H and O–H groups in total. The summed E-state index contributed by atoms with van der Waals surface area (Å²) in [5.74, 6) is 3.26. The fourth-order valence-corrected chi connectivity index (χ4v) is 4.60. The Morgan fingerprint density at radius 3 is 1.86 bits per heavy atom. The van der Waals surface area contributed by atoms with Gasteiger partial charge in [-0.1, -0.05) is 12.1 Å². The van der Waals surface area contributed by atoms with Crippen LogP contribution in [0.2, 0.25) is 0 Å². The molecule has 144 valence electrons. The second-order valence-corrected chi connectivity index (χ2v) is 7.39. The molecule has 1 fully saturated rings. The topological polar surface area (TPSA) is 49.4 Å². The van der Waals surface area contributed by atoms with Gasteiger partial charge < -0.3 is 28.5 Å². The summed E-state index contributed by atoms with van der Waals surface area (Å²) < 4.78 is 28.6. The molecule has 2 aromatic carbocycles. The van der Waals surface area contributed by atoms with Crippen molar-refractivity contribution in [2.75, 3.05) is 33.8 Å². The standard InChI is InChI=1S/C21H22BNO5/c1-24-21(14-6-8-23(22)9-7-14,15-2-4-17-19(10-15)27-12-25-17)16-3-5-18-20(11-16)28-13-26-18/h2-5,10-11,14H,6-9,12-13H2,1H3. The predicted octanol–water partition coefficient (Wildman–Crippen LogP) is 2.83. The van der Waals surface area contributed by atoms with Gasteiger partial charge in [-0.05, 0) is 67.2 Å². The molecule has 28 heavy (non-hydrogen) atoms. The number of benzene rings is 2. The van der Waals surface area contributed by atoms with Crippen LogP contribution in [0.4, 0.5) is 0 Å². The Hall–Kier alpha value is -2.38. The molecule has 0 aromatic heterocycles. The Morgan fingerprint density at radius 1 is 0.857 bits per heavy atom. The van der Waals surface area contributed by atoms with Crippen molar-refractivity contribution in [3.05, 3.63) is 47.5 Å². The van der Waals surface area contributed by atoms with Crippen LogP contribution in [0.1, 0.15) is 24.0 Å². The van der Waals surface area contributed by atoms with E-state index in [-0.39, 0.29) is 19.5 Å². The Balaban J connectivity index is 1.65. The summed E-state index contributed by atoms with van der Waals surface area (Å²) in [6.07, 6.45) is 1.85. The van der Waals surface area contributed by atoms with Crippen molar-refractivity contribution in [1.82, 2.24) is 4.81 Å². The highest BCUT2D eigenvalue weighted by atomic mass is 16.7. The molecule has 2 aromatic rings. The maximum atomic E-state index is 6.35. The van der Waals surface area contributed by atoms with Gasteiger partial charge in [-0.3, -0.25) is 0 Å². The predicted molar refractivity (Wildman–Crippen MR) is 103 cm³/mol. The van der Waals surface area contributed by atoms with Gasteiger partial charge in [-0.25, -0.2) is 0 Å². The molecule has 3 aliphatic rings. The number of fused-ring (bicyclic) bond motifs is 2. The summed E-state index contributed by atoms with van der Waals surface area (Å²) in [4.78, 5) is 1.87. The van der Waals surface area contributed by atoms with Crippen molar-refractivity contribution in [1.29, 1.82) is 0 Å². The van der Waals surface area contributed by atoms with E-state index in [1.807, 2.05) is 29.1 Å². The zero-order valence-corrected chi connectivity index (χ0v) is 15.8. The van der Waals surface area contributed by atoms with Gasteiger partial charge in [0.05, 0.1) is 0 Å². The first kappa shape index (κ1) is 17.7. The van der Waals surface area contributed by atoms with Crippen molar-refractivity contribution in [3.63, 3.8) is 0 Å². The average Bonchev–Trinajstić information content (AvgIpc) is 3.38. The molecule has 7 heteroatoms. The first-order valence-electron chi connectivity index (χ1n) is 9.56. The average molecular weight is 379 g/mol. The molecule has 0 spiro atoms. The number of hydrogen-bond acceptors (Lipinski definition) is 6. The lowest BCUT2D eigenvalue weighted by Gasteiger charge is -2.44. The second-order valence-electron chi connectivity index (χ2n) is 7.39. The highest BCUT2D eigenvalue weighted by Gasteiger charge is 2.44. The second kappa shape index (κ2) is 6.90. The van der Waals surface area contributed by atoms with E-state index in [0.717, 1.165) is 60.1 Å². The number of rotatable bonds is 4. The van der Waals surface area contributed by atoms with E-state index >= 15 is 0 Å². The van der Waals surface area contributed by atoms with E-state index in [4.69, 9.17) is 31.7 Å². The monoisotopic (exact) mass is 379 g/mol. The molecule has 0 saturated carbocycles. The quantitative estimate of drug-likeness (QED) is 0.762. The summed E-state index contributed by atoms with van der Waals surface area (Å²) in [6, 6.07) is 12.1. The summed E-state index contributed by atoms with van der Waals surface area (Å²) in [5, 5.41) is 0. The van der Waals surface area contributed by atoms with Crippen LogP contribution in [-0.2, 0) is 10.3 Å². The van der Waals surface area contributed by atoms with E-state index in [0.29, 0.717) is 0 Å². The molecule has 0 amide bonds. The van der Waals surface area contributed by atoms with Crippen molar-refractivity contribution in [2.24, 2.45) is 5.92 Å². The minimum Gasteiger partial charge on any atom is -0.454 e. The molecule has 5 rings (SSSR count). The van der Waals surface area contributed by atoms with Crippen LogP contribution in [0.15, 0.2) is 36.4 Å². The van der Waals surface area contributed by atoms with Gasteiger partial charge in [0.2, 0.25) is 13.6 Å². The van der Waals surface area contributed by atoms with Crippen LogP contribution in [0.5, 0.6) is 23.0 Å². The third-order valence-electron chi connectivity index (χ3n) is 6.03. The third kappa shape index (κ3) is 2.72. The van der Waals surface area contributed by atoms with Gasteiger partial charge in [0.1, 0.15) is 5.60 Å². The molecule has 1 saturated heterocycles. The van der Waals surface area contributed by atoms with Gasteiger partial charge in [0.15, 0.2) is 31.0 Å². The third-order valence-corrected chi connectivity index (χ3v) is 6.03. The molecule has 2 radical (unpaired) electrons. The van der Waals surface area contributed by atoms with E-state index < -0.39 is 5.60 Å². The fourth-order valence-electron chi connectivity index (χ4n) is 4.60. The van der Waals surface area contributed by atoms with Crippen molar-refractivity contribution < 1.29 is 23.7 Å². The Kier molecular flexibility index (Phi) is 4.36. The highest BCUT2D eigenvalue weighted by Crippen LogP contribution is 2.49. The van der Waals surface area contributed by atoms with Crippen LogP contribution >= 0.6 is 0 Å². The minimum absolute atomic E-state index is 0.244. The molecule has 0 aliphatic carbocycles. The molecule has 3 aliphatic heterocycles. The zero-order chi connectivity index (χ0) is 19.1. The smallest absolute Gasteiger partial charge is 0.231 e. The number of piperidine rings is 1. The first-order valence-corrected chi connectivity index (χ1v) is 9.56. The number of methoxy groups -OCH3 is 1. The van der Waals surface area contributed by atoms with Crippen molar-refractivity contribution >= 4 is 7.98 Å². The lowest BCUT2D eigenvalue weighted by molar-refractivity contribution is -0.0451. The normalized spacial score (nSPS) is 19.2. The van der Waals surface area contributed by atoms with Gasteiger partial charge in [-0.2, -0.15) is 0 Å². The molecular formula is C21H22BNO5. The van der Waals surface area contributed by atoms with Crippen molar-refractivity contribution in [3.8, 4) is 23.0 Å². The van der Waals surface area contributed by atoms with Crippen LogP contribution in [0, 0.1) is 5.92 Å². The lowest BCUT2D eigenvalue weighted by atomic mass is 9.71. The molecule has 0 atom stereocenters. The first-order chi connectivity index (χ1) is 13.7. The molecule has 6 nitrogen and oxygen atoms in total. The SMILES string of the molecule is [B]N1CCC(C(OC)(c2ccc3c(c2)OCO3)c2ccc3c(c2)OCO3)CC1. The Morgan fingerprint density at radius 2 is 1.36 bits per heavy atom. The largest absolute Gasteiger partial charge is 0.454 e. The van der Waals surface area contributed by atoms with Gasteiger partial charge in [0, 0.05) is 7.11 Å². The molecule has 3 heterocycles. The Bertz CT molecular complexity index is 824. The minimum atomic E-state index is -0.650. The van der Waals surface area contributed by atoms with E-state index in [2.05, 4.69) is 12.1 Å². The van der Waals surface area contributed by atoms with Gasteiger partial charge in [0.25, 0.3) is 0 Å². The van der Waals surface area contributed by atoms with Crippen LogP contribution in [0.3, 0.4) is 0 Å². The number of hydrogen-bond donors (Lipinski definition) is 0. The van der Waals surface area contributed by atoms with Gasteiger partial charge >= 0.3 is 0 Å². The summed E-state index contributed by atoms with van der Waals surface area (Å²) in [5.41, 5.74) is 1.42. The summed E-state index contributed by atoms with van der Waals surface area (Å²) in [7, 11) is 7.79. The summed E-state index contributed by atoms with van der Waals surface area (Å²) >= 11 is 0. The zero-order valence-electron chi connectivity index (χ0n) is 15.8. The van der Waals surface area contributed by atoms with Crippen LogP contribution in [-0.4, -0.2) is 46.6 Å². The number of ether oxygens (including phenoxy) is 5. The van der Waals surface area contributed by atoms with E-state index in [1.165, 1.54) is 0 Å². The lowest BCUT2D eigenvalue weighted by Crippen LogP contribution is -2.44.